The van der Waals surface area contributed by atoms with Crippen LogP contribution in [-0.2, 0) is 15.9 Å². The summed E-state index contributed by atoms with van der Waals surface area (Å²) in [5.74, 6) is 0.825. The summed E-state index contributed by atoms with van der Waals surface area (Å²) in [7, 11) is 0. The van der Waals surface area contributed by atoms with Crippen molar-refractivity contribution in [3.63, 3.8) is 0 Å². The fourth-order valence-electron chi connectivity index (χ4n) is 2.03. The Bertz CT molecular complexity index is 414. The molecule has 3 nitrogen and oxygen atoms in total. The van der Waals surface area contributed by atoms with E-state index >= 15 is 0 Å². The average molecular weight is 269 g/mol. The lowest BCUT2D eigenvalue weighted by Crippen LogP contribution is -2.04. The Labute approximate surface area is 112 Å². The lowest BCUT2D eigenvalue weighted by molar-refractivity contribution is 0.290. The molecule has 2 heterocycles. The van der Waals surface area contributed by atoms with E-state index in [1.807, 2.05) is 12.1 Å². The summed E-state index contributed by atoms with van der Waals surface area (Å²) in [5, 5.41) is 0.691. The van der Waals surface area contributed by atoms with E-state index in [4.69, 9.17) is 25.8 Å². The van der Waals surface area contributed by atoms with Gasteiger partial charge in [-0.05, 0) is 24.5 Å². The maximum Gasteiger partial charge on any atom is 0.141 e. The fraction of sp³-hybridized carbons (Fsp3) is 0.571. The van der Waals surface area contributed by atoms with E-state index < -0.39 is 0 Å². The van der Waals surface area contributed by atoms with Crippen LogP contribution in [0.25, 0.3) is 0 Å². The van der Waals surface area contributed by atoms with Gasteiger partial charge in [-0.1, -0.05) is 23.7 Å². The van der Waals surface area contributed by atoms with Gasteiger partial charge in [-0.25, -0.2) is 0 Å². The number of para-hydroxylation sites is 1. The van der Waals surface area contributed by atoms with Crippen LogP contribution in [-0.4, -0.2) is 32.0 Å². The monoisotopic (exact) mass is 268 g/mol. The summed E-state index contributed by atoms with van der Waals surface area (Å²) in [6.07, 6.45) is 3.80. The third kappa shape index (κ3) is 3.37. The Balaban J connectivity index is 1.56. The molecule has 0 bridgehead atoms. The van der Waals surface area contributed by atoms with Gasteiger partial charge in [-0.15, -0.1) is 0 Å². The van der Waals surface area contributed by atoms with Gasteiger partial charge < -0.3 is 14.2 Å². The highest BCUT2D eigenvalue weighted by molar-refractivity contribution is 6.32. The molecule has 4 heteroatoms. The second-order valence-corrected chi connectivity index (χ2v) is 5.24. The molecule has 0 spiro atoms. The largest absolute Gasteiger partial charge is 0.492 e. The van der Waals surface area contributed by atoms with Gasteiger partial charge >= 0.3 is 0 Å². The molecule has 2 aliphatic heterocycles. The summed E-state index contributed by atoms with van der Waals surface area (Å²) >= 11 is 6.20. The van der Waals surface area contributed by atoms with Crippen molar-refractivity contribution < 1.29 is 14.2 Å². The second-order valence-electron chi connectivity index (χ2n) is 4.83. The Kier molecular flexibility index (Phi) is 3.73. The molecule has 0 aliphatic carbocycles. The van der Waals surface area contributed by atoms with Crippen LogP contribution < -0.4 is 4.74 Å². The highest BCUT2D eigenvalue weighted by Gasteiger charge is 2.25. The number of hydrogen-bond donors (Lipinski definition) is 0. The summed E-state index contributed by atoms with van der Waals surface area (Å²) in [6.45, 7) is 2.46. The summed E-state index contributed by atoms with van der Waals surface area (Å²) in [4.78, 5) is 0. The SMILES string of the molecule is Clc1cccc(CC2CO2)c1OCCCC1CO1. The van der Waals surface area contributed by atoms with E-state index in [1.54, 1.807) is 0 Å². The van der Waals surface area contributed by atoms with Gasteiger partial charge in [-0.2, -0.15) is 0 Å². The third-order valence-electron chi connectivity index (χ3n) is 3.22. The van der Waals surface area contributed by atoms with Gasteiger partial charge in [0.2, 0.25) is 0 Å². The van der Waals surface area contributed by atoms with Crippen LogP contribution in [0.3, 0.4) is 0 Å². The van der Waals surface area contributed by atoms with E-state index in [0.717, 1.165) is 43.8 Å². The van der Waals surface area contributed by atoms with Crippen LogP contribution >= 0.6 is 11.6 Å². The molecule has 2 fully saturated rings. The molecule has 2 aliphatic rings. The molecular weight excluding hydrogens is 252 g/mol. The summed E-state index contributed by atoms with van der Waals surface area (Å²) in [6, 6.07) is 5.90. The molecule has 0 N–H and O–H groups in total. The Morgan fingerprint density at radius 3 is 2.72 bits per heavy atom. The number of rotatable bonds is 7. The molecule has 2 saturated heterocycles. The van der Waals surface area contributed by atoms with E-state index in [9.17, 15) is 0 Å². The van der Waals surface area contributed by atoms with Crippen LogP contribution in [0.4, 0.5) is 0 Å². The summed E-state index contributed by atoms with van der Waals surface area (Å²) in [5.41, 5.74) is 1.15. The molecular formula is C14H17ClO3. The van der Waals surface area contributed by atoms with Crippen molar-refractivity contribution >= 4 is 11.6 Å². The molecule has 2 atom stereocenters. The Hall–Kier alpha value is -0.770. The van der Waals surface area contributed by atoms with Gasteiger partial charge in [0.15, 0.2) is 0 Å². The maximum atomic E-state index is 6.20. The van der Waals surface area contributed by atoms with Gasteiger partial charge in [-0.3, -0.25) is 0 Å². The molecule has 0 aromatic heterocycles. The topological polar surface area (TPSA) is 34.3 Å². The Morgan fingerprint density at radius 1 is 1.22 bits per heavy atom. The zero-order chi connectivity index (χ0) is 12.4. The minimum Gasteiger partial charge on any atom is -0.492 e. The molecule has 1 aromatic rings. The normalized spacial score (nSPS) is 24.9. The zero-order valence-corrected chi connectivity index (χ0v) is 11.0. The number of epoxide rings is 2. The quantitative estimate of drug-likeness (QED) is 0.563. The molecule has 0 saturated carbocycles. The van der Waals surface area contributed by atoms with Crippen molar-refractivity contribution in [1.29, 1.82) is 0 Å². The minimum atomic E-state index is 0.352. The molecule has 1 aromatic carbocycles. The van der Waals surface area contributed by atoms with E-state index in [-0.39, 0.29) is 0 Å². The van der Waals surface area contributed by atoms with Crippen LogP contribution in [0.5, 0.6) is 5.75 Å². The van der Waals surface area contributed by atoms with Crippen molar-refractivity contribution in [2.75, 3.05) is 19.8 Å². The Morgan fingerprint density at radius 2 is 2.00 bits per heavy atom. The van der Waals surface area contributed by atoms with Crippen LogP contribution in [0.1, 0.15) is 18.4 Å². The molecule has 98 valence electrons. The summed E-state index contributed by atoms with van der Waals surface area (Å²) < 4.78 is 16.3. The number of halogens is 1. The third-order valence-corrected chi connectivity index (χ3v) is 3.52. The molecule has 0 amide bonds. The molecule has 0 radical (unpaired) electrons. The highest BCUT2D eigenvalue weighted by atomic mass is 35.5. The first-order chi connectivity index (χ1) is 8.83. The van der Waals surface area contributed by atoms with Crippen molar-refractivity contribution in [3.05, 3.63) is 28.8 Å². The zero-order valence-electron chi connectivity index (χ0n) is 10.2. The van der Waals surface area contributed by atoms with Crippen molar-refractivity contribution in [3.8, 4) is 5.75 Å². The van der Waals surface area contributed by atoms with E-state index in [1.165, 1.54) is 0 Å². The predicted molar refractivity (Wildman–Crippen MR) is 69.4 cm³/mol. The van der Waals surface area contributed by atoms with Gasteiger partial charge in [0.1, 0.15) is 5.75 Å². The smallest absolute Gasteiger partial charge is 0.141 e. The standard InChI is InChI=1S/C14H17ClO3/c15-13-5-1-3-10(7-12-9-18-12)14(13)16-6-2-4-11-8-17-11/h1,3,5,11-12H,2,4,6-9H2. The second kappa shape index (κ2) is 5.47. The van der Waals surface area contributed by atoms with Crippen LogP contribution in [0, 0.1) is 0 Å². The first kappa shape index (κ1) is 12.3. The van der Waals surface area contributed by atoms with Crippen LogP contribution in [0.2, 0.25) is 5.02 Å². The average Bonchev–Trinajstić information content (AvgIpc) is 3.22. The van der Waals surface area contributed by atoms with Crippen LogP contribution in [0.15, 0.2) is 18.2 Å². The first-order valence-corrected chi connectivity index (χ1v) is 6.84. The molecule has 3 rings (SSSR count). The highest BCUT2D eigenvalue weighted by Crippen LogP contribution is 2.32. The van der Waals surface area contributed by atoms with Crippen molar-refractivity contribution in [1.82, 2.24) is 0 Å². The lowest BCUT2D eigenvalue weighted by atomic mass is 10.1. The predicted octanol–water partition coefficient (Wildman–Crippen LogP) is 2.84. The number of hydrogen-bond acceptors (Lipinski definition) is 3. The fourth-order valence-corrected chi connectivity index (χ4v) is 2.28. The van der Waals surface area contributed by atoms with Crippen molar-refractivity contribution in [2.45, 2.75) is 31.5 Å². The van der Waals surface area contributed by atoms with E-state index in [2.05, 4.69) is 6.07 Å². The maximum absolute atomic E-state index is 6.20. The first-order valence-electron chi connectivity index (χ1n) is 6.46. The number of ether oxygens (including phenoxy) is 3. The molecule has 2 unspecified atom stereocenters. The van der Waals surface area contributed by atoms with Gasteiger partial charge in [0.25, 0.3) is 0 Å². The van der Waals surface area contributed by atoms with Crippen molar-refractivity contribution in [2.24, 2.45) is 0 Å². The lowest BCUT2D eigenvalue weighted by Gasteiger charge is -2.12. The van der Waals surface area contributed by atoms with Gasteiger partial charge in [0, 0.05) is 6.42 Å². The van der Waals surface area contributed by atoms with E-state index in [0.29, 0.717) is 23.8 Å². The van der Waals surface area contributed by atoms with Gasteiger partial charge in [0.05, 0.1) is 37.1 Å². The number of benzene rings is 1. The minimum absolute atomic E-state index is 0.352. The molecule has 18 heavy (non-hydrogen) atoms.